The third-order valence-electron chi connectivity index (χ3n) is 30.3. The molecule has 3 amide bonds. The highest BCUT2D eigenvalue weighted by Crippen LogP contribution is 2.42. The van der Waals surface area contributed by atoms with Crippen molar-refractivity contribution in [3.63, 3.8) is 0 Å². The molecule has 7 saturated heterocycles. The van der Waals surface area contributed by atoms with Gasteiger partial charge in [-0.15, -0.1) is 0 Å². The molecule has 1 aliphatic carbocycles. The summed E-state index contributed by atoms with van der Waals surface area (Å²) in [4.78, 5) is 50.5. The Bertz CT molecular complexity index is 5380. The first-order chi connectivity index (χ1) is 66.3. The average molecular weight is 1990 g/mol. The number of sulfonamides is 2. The van der Waals surface area contributed by atoms with Crippen LogP contribution in [0.3, 0.4) is 0 Å². The first kappa shape index (κ1) is 113. The van der Waals surface area contributed by atoms with E-state index in [9.17, 15) is 34.8 Å². The maximum atomic E-state index is 13.2. The van der Waals surface area contributed by atoms with Crippen molar-refractivity contribution in [3.05, 3.63) is 167 Å². The fourth-order valence-electron chi connectivity index (χ4n) is 20.7. The Morgan fingerprint density at radius 3 is 1.06 bits per heavy atom. The first-order valence-corrected chi connectivity index (χ1v) is 57.9. The van der Waals surface area contributed by atoms with Gasteiger partial charge in [-0.05, 0) is 319 Å². The Hall–Kier alpha value is -8.45. The molecule has 7 aromatic rings. The second-order valence-corrected chi connectivity index (χ2v) is 48.7. The van der Waals surface area contributed by atoms with Crippen LogP contribution in [0.4, 0.5) is 56.0 Å². The standard InChI is InChI=1S/C21H34N2O2S.C20H31N3O.C20H29N3.C17H28N4O.C17H29N3O2S.C17H28N2O2S/c1-4-17-11-13-23(14-12-17)20-10-9-18(16(2)3)15-21(20)26(24,25)22-19-7-5-6-8-19;1-15(2)16-7-8-18(19(14-16)23-11-5-6-20(23)24)22-12-9-17(10-13-22)21(3)4;1-16(2)17-7-8-19(20(15-17)22-11-5-6-12-22)23-13-9-18(10-14-23)21(3)4;1-12(2)13-5-6-16(15(11-13)20-17(22)19-4)21-9-7-14(18-3)8-10-21;1-13(2)14-6-7-17(16(12-14)18-23(5,21)22)20-10-8-15(9-11-20)19(3)4;1-13(2)14-6-7-16(17(12-14)22(5,20)21)19-10-8-15(9-11-19)18(3)4/h9-10,15-17,19,22H,4-8,11-14H2,1-3H3;7-8,14-15,17H,5-6,9-13H2,1-4H3;5-8,11-12,15-16,18H,9-10,13-14H2,1-4H3;5-6,11-12,14,18H,7-10H2,1-4H3,(H2,19,20,22);6-7,12-13,15,18H,8-11H2,1-5H3;6-7,12-13,15H,8-11H2,1-5H3. The zero-order chi connectivity index (χ0) is 102. The number of hydrogen-bond donors (Lipinski definition) is 5. The number of anilines is 9. The predicted octanol–water partition coefficient (Wildman–Crippen LogP) is 20.5. The molecule has 7 aliphatic heterocycles. The molecular formula is C112H179N17O8S3. The Morgan fingerprint density at radius 2 is 0.700 bits per heavy atom. The smallest absolute Gasteiger partial charge is 0.319 e. The zero-order valence-electron chi connectivity index (χ0n) is 90.2. The molecule has 8 heterocycles. The number of benzene rings is 6. The number of carbonyl (C=O) groups excluding carboxylic acids is 2. The Labute approximate surface area is 846 Å². The number of urea groups is 1. The van der Waals surface area contributed by atoms with E-state index in [0.717, 1.165) is 231 Å². The highest BCUT2D eigenvalue weighted by molar-refractivity contribution is 7.92. The van der Waals surface area contributed by atoms with Gasteiger partial charge in [-0.1, -0.05) is 146 Å². The number of piperidine rings is 6. The van der Waals surface area contributed by atoms with Crippen molar-refractivity contribution in [1.82, 2.24) is 39.5 Å². The summed E-state index contributed by atoms with van der Waals surface area (Å²) in [5, 5.41) is 8.95. The Kier molecular flexibility index (Phi) is 42.9. The van der Waals surface area contributed by atoms with Gasteiger partial charge in [0.1, 0.15) is 4.90 Å². The topological polar surface area (TPSA) is 237 Å². The quantitative estimate of drug-likeness (QED) is 0.0322. The van der Waals surface area contributed by atoms with Crippen LogP contribution >= 0.6 is 0 Å². The van der Waals surface area contributed by atoms with Crippen molar-refractivity contribution < 1.29 is 34.8 Å². The molecule has 0 bridgehead atoms. The van der Waals surface area contributed by atoms with Crippen LogP contribution in [0, 0.1) is 5.92 Å². The van der Waals surface area contributed by atoms with E-state index in [2.05, 4.69) is 329 Å². The SMILES string of the molecule is CC(C)c1ccc(N2CCC(N(C)C)CC2)c(-n2cccc2)c1.CC(C)c1ccc(N2CCC(N(C)C)CC2)c(N2CCCC2=O)c1.CC(C)c1ccc(N2CCC(N(C)C)CC2)c(NS(C)(=O)=O)c1.CC(C)c1ccc(N2CCC(N(C)C)CC2)c(S(C)(=O)=O)c1.CCC1CCN(c2ccc(C(C)C)cc2S(=O)(=O)NC2CCCC2)CC1.CNC(=O)Nc1cc(C(C)C)ccc1N1CCC(NC)CC1. The lowest BCUT2D eigenvalue weighted by molar-refractivity contribution is -0.117. The average Bonchev–Trinajstić information content (AvgIpc) is 0.935. The minimum Gasteiger partial charge on any atom is -0.370 e. The summed E-state index contributed by atoms with van der Waals surface area (Å²) >= 11 is 0. The summed E-state index contributed by atoms with van der Waals surface area (Å²) in [7, 11) is 10.9. The van der Waals surface area contributed by atoms with Crippen LogP contribution in [-0.4, -0.2) is 266 Å². The fourth-order valence-corrected chi connectivity index (χ4v) is 23.8. The molecule has 778 valence electrons. The van der Waals surface area contributed by atoms with Gasteiger partial charge in [0.15, 0.2) is 9.84 Å². The van der Waals surface area contributed by atoms with Gasteiger partial charge in [-0.25, -0.2) is 34.8 Å². The van der Waals surface area contributed by atoms with E-state index in [4.69, 9.17) is 0 Å². The number of rotatable bonds is 27. The second-order valence-electron chi connectivity index (χ2n) is 43.2. The summed E-state index contributed by atoms with van der Waals surface area (Å²) in [5.74, 6) is 3.54. The molecule has 8 fully saturated rings. The maximum Gasteiger partial charge on any atom is 0.319 e. The van der Waals surface area contributed by atoms with Gasteiger partial charge < -0.3 is 74.4 Å². The van der Waals surface area contributed by atoms with Crippen molar-refractivity contribution in [2.45, 2.75) is 294 Å². The van der Waals surface area contributed by atoms with Crippen molar-refractivity contribution in [1.29, 1.82) is 0 Å². The summed E-state index contributed by atoms with van der Waals surface area (Å²) in [6.45, 7) is 41.1. The molecule has 6 aromatic carbocycles. The largest absolute Gasteiger partial charge is 0.370 e. The van der Waals surface area contributed by atoms with E-state index >= 15 is 0 Å². The highest BCUT2D eigenvalue weighted by atomic mass is 32.2. The van der Waals surface area contributed by atoms with Crippen LogP contribution in [0.1, 0.15) is 281 Å². The molecule has 0 radical (unpaired) electrons. The van der Waals surface area contributed by atoms with E-state index in [1.807, 2.05) is 42.3 Å². The molecule has 0 spiro atoms. The van der Waals surface area contributed by atoms with E-state index in [1.54, 1.807) is 7.05 Å². The van der Waals surface area contributed by atoms with Crippen LogP contribution < -0.4 is 59.7 Å². The number of sulfone groups is 1. The summed E-state index contributed by atoms with van der Waals surface area (Å²) in [6.07, 6.45) is 27.6. The van der Waals surface area contributed by atoms with Gasteiger partial charge in [0.25, 0.3) is 0 Å². The molecular weight excluding hydrogens is 1810 g/mol. The van der Waals surface area contributed by atoms with Gasteiger partial charge in [0.2, 0.25) is 26.0 Å². The zero-order valence-corrected chi connectivity index (χ0v) is 92.6. The van der Waals surface area contributed by atoms with Crippen molar-refractivity contribution in [2.24, 2.45) is 5.92 Å². The van der Waals surface area contributed by atoms with E-state index in [-0.39, 0.29) is 18.0 Å². The lowest BCUT2D eigenvalue weighted by Crippen LogP contribution is -2.42. The highest BCUT2D eigenvalue weighted by Gasteiger charge is 2.35. The summed E-state index contributed by atoms with van der Waals surface area (Å²) in [5.41, 5.74) is 17.7. The van der Waals surface area contributed by atoms with Gasteiger partial charge in [0.05, 0.1) is 68.0 Å². The monoisotopic (exact) mass is 1990 g/mol. The van der Waals surface area contributed by atoms with Crippen LogP contribution in [0.25, 0.3) is 5.69 Å². The lowest BCUT2D eigenvalue weighted by Gasteiger charge is -2.38. The molecule has 15 rings (SSSR count). The van der Waals surface area contributed by atoms with Crippen LogP contribution in [0.2, 0.25) is 0 Å². The molecule has 28 heteroatoms. The van der Waals surface area contributed by atoms with E-state index < -0.39 is 29.9 Å². The molecule has 1 saturated carbocycles. The van der Waals surface area contributed by atoms with Gasteiger partial charge in [-0.3, -0.25) is 9.52 Å². The van der Waals surface area contributed by atoms with Crippen LogP contribution in [-0.2, 0) is 34.7 Å². The van der Waals surface area contributed by atoms with Gasteiger partial charge >= 0.3 is 6.03 Å². The minimum absolute atomic E-state index is 0.0985. The van der Waals surface area contributed by atoms with Crippen molar-refractivity contribution in [2.75, 3.05) is 212 Å². The van der Waals surface area contributed by atoms with Gasteiger partial charge in [-0.2, -0.15) is 0 Å². The number of aromatic nitrogens is 1. The van der Waals surface area contributed by atoms with Crippen molar-refractivity contribution in [3.8, 4) is 5.69 Å². The van der Waals surface area contributed by atoms with Crippen LogP contribution in [0.15, 0.2) is 144 Å². The molecule has 0 unspecified atom stereocenters. The second kappa shape index (κ2) is 52.9. The number of hydrogen-bond acceptors (Lipinski definition) is 19. The Morgan fingerprint density at radius 1 is 0.371 bits per heavy atom. The molecule has 0 atom stereocenters. The number of amides is 3. The number of carbonyl (C=O) groups is 2. The van der Waals surface area contributed by atoms with E-state index in [0.29, 0.717) is 81.6 Å². The normalized spacial score (nSPS) is 17.9. The molecule has 25 nitrogen and oxygen atoms in total. The third-order valence-corrected chi connectivity index (χ3v) is 33.6. The molecule has 140 heavy (non-hydrogen) atoms. The summed E-state index contributed by atoms with van der Waals surface area (Å²) < 4.78 is 82.2. The molecule has 5 N–H and O–H groups in total. The van der Waals surface area contributed by atoms with Crippen LogP contribution in [0.5, 0.6) is 0 Å². The molecule has 1 aromatic heterocycles. The fraction of sp³-hybridized carbons (Fsp3) is 0.625. The Balaban J connectivity index is 0.000000173. The van der Waals surface area contributed by atoms with E-state index in [1.165, 1.54) is 78.4 Å². The van der Waals surface area contributed by atoms with Crippen molar-refractivity contribution >= 4 is 93.0 Å². The number of nitrogens with one attached hydrogen (secondary N) is 5. The first-order valence-electron chi connectivity index (χ1n) is 52.6. The molecule has 8 aliphatic rings. The minimum atomic E-state index is -3.49. The predicted molar refractivity (Wildman–Crippen MR) is 592 cm³/mol. The number of nitrogens with zero attached hydrogens (tertiary/aromatic N) is 12. The maximum absolute atomic E-state index is 13.2. The summed E-state index contributed by atoms with van der Waals surface area (Å²) in [6, 6.07) is 45.5. The lowest BCUT2D eigenvalue weighted by atomic mass is 9.94. The van der Waals surface area contributed by atoms with Gasteiger partial charge in [0, 0.05) is 153 Å². The third kappa shape index (κ3) is 32.3.